The van der Waals surface area contributed by atoms with Crippen LogP contribution in [0.25, 0.3) is 0 Å². The molecular weight excluding hydrogens is 487 g/mol. The number of aliphatic hydroxyl groups is 2. The number of hydrogen-bond donors (Lipinski definition) is 2. The Kier molecular flexibility index (Phi) is 14.7. The van der Waals surface area contributed by atoms with Gasteiger partial charge in [-0.25, -0.2) is 9.97 Å². The molecule has 0 fully saturated rings. The number of thiazole rings is 2. The molecule has 0 unspecified atom stereocenters. The molecular formula is C12H18Br2CoN2O2S2. The van der Waals surface area contributed by atoms with E-state index in [1.165, 1.54) is 9.75 Å². The van der Waals surface area contributed by atoms with Gasteiger partial charge in [0.1, 0.15) is 0 Å². The Labute approximate surface area is 153 Å². The molecule has 0 bridgehead atoms. The van der Waals surface area contributed by atoms with Gasteiger partial charge < -0.3 is 10.2 Å². The second kappa shape index (κ2) is 14.3. The molecule has 0 saturated carbocycles. The van der Waals surface area contributed by atoms with E-state index in [2.05, 4.69) is 38.3 Å². The summed E-state index contributed by atoms with van der Waals surface area (Å²) >= 11 is 10.3. The molecule has 0 amide bonds. The quantitative estimate of drug-likeness (QED) is 0.666. The van der Waals surface area contributed by atoms with Gasteiger partial charge in [-0.3, -0.25) is 0 Å². The van der Waals surface area contributed by atoms with Crippen molar-refractivity contribution in [2.24, 2.45) is 0 Å². The van der Waals surface area contributed by atoms with Crippen LogP contribution in [0, 0.1) is 13.8 Å². The van der Waals surface area contributed by atoms with Crippen molar-refractivity contribution in [1.29, 1.82) is 0 Å². The van der Waals surface area contributed by atoms with Gasteiger partial charge in [-0.1, -0.05) is 0 Å². The second-order valence-electron chi connectivity index (χ2n) is 3.72. The van der Waals surface area contributed by atoms with Crippen LogP contribution < -0.4 is 0 Å². The summed E-state index contributed by atoms with van der Waals surface area (Å²) in [5.41, 5.74) is 5.71. The van der Waals surface area contributed by atoms with Crippen LogP contribution >= 0.6 is 51.0 Å². The van der Waals surface area contributed by atoms with Gasteiger partial charge in [0.25, 0.3) is 0 Å². The molecule has 0 aliphatic carbocycles. The number of aryl methyl sites for hydroxylation is 2. The van der Waals surface area contributed by atoms with Crippen LogP contribution in [0.1, 0.15) is 21.1 Å². The summed E-state index contributed by atoms with van der Waals surface area (Å²) in [7, 11) is 0. The number of rotatable bonds is 4. The summed E-state index contributed by atoms with van der Waals surface area (Å²) in [6.07, 6.45) is 1.49. The number of hydrogen-bond acceptors (Lipinski definition) is 6. The van der Waals surface area contributed by atoms with E-state index in [1.807, 2.05) is 13.8 Å². The van der Waals surface area contributed by atoms with Crippen molar-refractivity contribution in [3.05, 3.63) is 32.2 Å². The molecule has 2 aromatic rings. The fourth-order valence-corrected chi connectivity index (χ4v) is 2.88. The van der Waals surface area contributed by atoms with Crippen LogP contribution in [0.2, 0.25) is 0 Å². The van der Waals surface area contributed by atoms with Gasteiger partial charge in [-0.2, -0.15) is 0 Å². The summed E-state index contributed by atoms with van der Waals surface area (Å²) in [6, 6.07) is 0. The molecule has 4 nitrogen and oxygen atoms in total. The predicted octanol–water partition coefficient (Wildman–Crippen LogP) is 3.66. The van der Waals surface area contributed by atoms with Crippen molar-refractivity contribution in [2.75, 3.05) is 13.2 Å². The van der Waals surface area contributed by atoms with Crippen LogP contribution in [0.5, 0.6) is 0 Å². The van der Waals surface area contributed by atoms with Gasteiger partial charge in [-0.05, 0) is 13.8 Å². The average molecular weight is 505 g/mol. The third kappa shape index (κ3) is 10.1. The van der Waals surface area contributed by atoms with E-state index in [9.17, 15) is 0 Å². The number of aliphatic hydroxyl groups excluding tert-OH is 2. The van der Waals surface area contributed by atoms with Gasteiger partial charge in [-0.15, -0.1) is 22.7 Å². The first-order valence-electron chi connectivity index (χ1n) is 5.93. The molecule has 2 rings (SSSR count). The molecule has 123 valence electrons. The molecule has 0 aromatic carbocycles. The Balaban J connectivity index is 0.000000322. The van der Waals surface area contributed by atoms with Crippen molar-refractivity contribution in [2.45, 2.75) is 26.7 Å². The minimum atomic E-state index is 0.225. The van der Waals surface area contributed by atoms with Gasteiger partial charge in [0.05, 0.1) is 22.4 Å². The Bertz CT molecular complexity index is 441. The van der Waals surface area contributed by atoms with Crippen molar-refractivity contribution >= 4 is 51.0 Å². The Morgan fingerprint density at radius 3 is 1.48 bits per heavy atom. The molecule has 0 saturated heterocycles. The number of aromatic nitrogens is 2. The first-order chi connectivity index (χ1) is 10.1. The van der Waals surface area contributed by atoms with Crippen LogP contribution in [0.3, 0.4) is 0 Å². The maximum absolute atomic E-state index is 8.54. The third-order valence-electron chi connectivity index (χ3n) is 2.37. The predicted molar refractivity (Wildman–Crippen MR) is 93.1 cm³/mol. The zero-order valence-corrected chi connectivity index (χ0v) is 17.5. The molecule has 9 heteroatoms. The molecule has 0 atom stereocenters. The normalized spacial score (nSPS) is 9.62. The first-order valence-corrected chi connectivity index (χ1v) is 12.8. The first kappa shape index (κ1) is 21.6. The Hall–Kier alpha value is 0.646. The fraction of sp³-hybridized carbons (Fsp3) is 0.500. The molecule has 21 heavy (non-hydrogen) atoms. The van der Waals surface area contributed by atoms with E-state index in [0.29, 0.717) is 0 Å². The van der Waals surface area contributed by atoms with E-state index >= 15 is 0 Å². The van der Waals surface area contributed by atoms with Crippen molar-refractivity contribution in [3.8, 4) is 0 Å². The second-order valence-corrected chi connectivity index (χ2v) is 10.8. The van der Waals surface area contributed by atoms with Gasteiger partial charge >= 0.3 is 39.5 Å². The molecule has 0 aliphatic rings. The van der Waals surface area contributed by atoms with Gasteiger partial charge in [0.15, 0.2) is 0 Å². The molecule has 0 radical (unpaired) electrons. The van der Waals surface area contributed by atoms with E-state index in [-0.39, 0.29) is 13.2 Å². The maximum atomic E-state index is 8.54. The monoisotopic (exact) mass is 503 g/mol. The Morgan fingerprint density at radius 2 is 1.29 bits per heavy atom. The topological polar surface area (TPSA) is 66.2 Å². The summed E-state index contributed by atoms with van der Waals surface area (Å²) in [5, 5.41) is 17.1. The van der Waals surface area contributed by atoms with Crippen molar-refractivity contribution in [1.82, 2.24) is 9.97 Å². The summed E-state index contributed by atoms with van der Waals surface area (Å²) in [4.78, 5) is 10.5. The van der Waals surface area contributed by atoms with Crippen molar-refractivity contribution < 1.29 is 21.3 Å². The summed E-state index contributed by atoms with van der Waals surface area (Å²) in [5.74, 6) is 0. The molecule has 2 aromatic heterocycles. The van der Waals surface area contributed by atoms with Gasteiger partial charge in [0, 0.05) is 35.8 Å². The molecule has 2 N–H and O–H groups in total. The van der Waals surface area contributed by atoms with Crippen LogP contribution in [-0.4, -0.2) is 33.4 Å². The number of halogens is 2. The zero-order valence-electron chi connectivity index (χ0n) is 11.7. The molecule has 2 heterocycles. The minimum absolute atomic E-state index is 0.225. The van der Waals surface area contributed by atoms with Crippen molar-refractivity contribution in [3.63, 3.8) is 0 Å². The van der Waals surface area contributed by atoms with Crippen LogP contribution in [-0.2, 0) is 24.0 Å². The van der Waals surface area contributed by atoms with E-state index in [4.69, 9.17) is 10.2 Å². The van der Waals surface area contributed by atoms with Crippen LogP contribution in [0.15, 0.2) is 11.0 Å². The standard InChI is InChI=1S/2C6H9NOS.2BrH.Co/c2*1-5-6(2-3-8)9-4-7-5;;;/h2*4,8H,2-3H2,1H3;2*1H;/q;;;;+2/p-2. The Morgan fingerprint density at radius 1 is 0.952 bits per heavy atom. The van der Waals surface area contributed by atoms with E-state index in [1.54, 1.807) is 33.7 Å². The fourth-order valence-electron chi connectivity index (χ4n) is 1.34. The van der Waals surface area contributed by atoms with Gasteiger partial charge in [0.2, 0.25) is 0 Å². The average Bonchev–Trinajstić information content (AvgIpc) is 3.03. The summed E-state index contributed by atoms with van der Waals surface area (Å²) in [6.45, 7) is 4.37. The van der Waals surface area contributed by atoms with Crippen LogP contribution in [0.4, 0.5) is 0 Å². The summed E-state index contributed by atoms with van der Waals surface area (Å²) < 4.78 is 0. The molecule has 0 aliphatic heterocycles. The zero-order chi connectivity index (χ0) is 16.1. The number of nitrogens with zero attached hydrogens (tertiary/aromatic N) is 2. The third-order valence-corrected chi connectivity index (χ3v) is 4.36. The van der Waals surface area contributed by atoms with E-state index in [0.717, 1.165) is 35.3 Å². The SMILES string of the molecule is Cc1ncsc1CCO.Cc1ncsc1CCO.[Br][Co][Br]. The van der Waals surface area contributed by atoms with E-state index < -0.39 is 0 Å². The molecule has 0 spiro atoms.